The predicted molar refractivity (Wildman–Crippen MR) is 162 cm³/mol. The molecule has 0 spiro atoms. The first-order valence-corrected chi connectivity index (χ1v) is 15.1. The Morgan fingerprint density at radius 3 is 2.44 bits per heavy atom. The van der Waals surface area contributed by atoms with Gasteiger partial charge in [-0.05, 0) is 51.3 Å². The zero-order chi connectivity index (χ0) is 30.6. The van der Waals surface area contributed by atoms with Crippen molar-refractivity contribution in [1.82, 2.24) is 20.5 Å². The summed E-state index contributed by atoms with van der Waals surface area (Å²) in [5.41, 5.74) is 1.83. The molecule has 1 aliphatic carbocycles. The van der Waals surface area contributed by atoms with Crippen LogP contribution >= 0.6 is 11.3 Å². The van der Waals surface area contributed by atoms with Crippen molar-refractivity contribution in [2.45, 2.75) is 57.3 Å². The lowest BCUT2D eigenvalue weighted by atomic mass is 10.0. The van der Waals surface area contributed by atoms with E-state index in [4.69, 9.17) is 9.47 Å². The van der Waals surface area contributed by atoms with E-state index in [9.17, 15) is 19.2 Å². The summed E-state index contributed by atoms with van der Waals surface area (Å²) in [7, 11) is 0. The maximum Gasteiger partial charge on any atom is 0.408 e. The fourth-order valence-corrected chi connectivity index (χ4v) is 5.27. The quantitative estimate of drug-likeness (QED) is 0.351. The molecule has 0 radical (unpaired) electrons. The fourth-order valence-electron chi connectivity index (χ4n) is 4.55. The number of rotatable bonds is 8. The molecule has 0 unspecified atom stereocenters. The minimum atomic E-state index is -1.06. The zero-order valence-electron chi connectivity index (χ0n) is 24.3. The van der Waals surface area contributed by atoms with E-state index in [1.54, 1.807) is 57.2 Å². The Labute approximate surface area is 254 Å². The first-order chi connectivity index (χ1) is 20.6. The van der Waals surface area contributed by atoms with Crippen molar-refractivity contribution < 1.29 is 28.7 Å². The molecule has 2 aliphatic rings. The van der Waals surface area contributed by atoms with Gasteiger partial charge in [-0.1, -0.05) is 42.5 Å². The van der Waals surface area contributed by atoms with E-state index in [1.165, 1.54) is 16.2 Å². The highest BCUT2D eigenvalue weighted by Crippen LogP contribution is 2.27. The predicted octanol–water partition coefficient (Wildman–Crippen LogP) is 4.13. The summed E-state index contributed by atoms with van der Waals surface area (Å²) in [5.74, 6) is -0.999. The molecule has 2 atom stereocenters. The van der Waals surface area contributed by atoms with Gasteiger partial charge < -0.3 is 30.3 Å². The van der Waals surface area contributed by atoms with E-state index in [0.29, 0.717) is 22.0 Å². The summed E-state index contributed by atoms with van der Waals surface area (Å²) in [4.78, 5) is 58.2. The van der Waals surface area contributed by atoms with Crippen LogP contribution in [0.5, 0.6) is 0 Å². The van der Waals surface area contributed by atoms with E-state index < -0.39 is 35.6 Å². The molecule has 2 fully saturated rings. The van der Waals surface area contributed by atoms with Gasteiger partial charge in [-0.2, -0.15) is 0 Å². The van der Waals surface area contributed by atoms with E-state index >= 15 is 0 Å². The monoisotopic (exact) mass is 605 g/mol. The van der Waals surface area contributed by atoms with Crippen LogP contribution in [-0.2, 0) is 19.1 Å². The number of hydrogen-bond acceptors (Lipinski definition) is 8. The lowest BCUT2D eigenvalue weighted by Gasteiger charge is -2.36. The minimum absolute atomic E-state index is 0.00582. The Morgan fingerprint density at radius 1 is 1.05 bits per heavy atom. The molecule has 3 aromatic rings. The van der Waals surface area contributed by atoms with Crippen molar-refractivity contribution in [1.29, 1.82) is 0 Å². The summed E-state index contributed by atoms with van der Waals surface area (Å²) < 4.78 is 11.0. The van der Waals surface area contributed by atoms with Crippen LogP contribution in [0.3, 0.4) is 0 Å². The van der Waals surface area contributed by atoms with Gasteiger partial charge in [0.25, 0.3) is 17.7 Å². The summed E-state index contributed by atoms with van der Waals surface area (Å²) in [5, 5.41) is 10.6. The molecule has 2 aromatic carbocycles. The van der Waals surface area contributed by atoms with Gasteiger partial charge >= 0.3 is 6.09 Å². The summed E-state index contributed by atoms with van der Waals surface area (Å²) >= 11 is 1.25. The molecule has 43 heavy (non-hydrogen) atoms. The van der Waals surface area contributed by atoms with Crippen LogP contribution in [0.2, 0.25) is 0 Å². The number of benzene rings is 2. The standard InChI is InChI=1S/C31H35N5O6S/c1-31(2,3)42-30(40)34-25(20-7-5-4-6-8-20)28(39)36-15-16-41-17-24(36)27(38)35-29-33-23(18-43-29)19-9-11-21(12-10-19)26(37)32-22-13-14-22/h4-12,18,22,24-25H,13-17H2,1-3H3,(H,32,37)(H,34,40)(H,33,35,38)/t24-,25+/m0/s1. The van der Waals surface area contributed by atoms with Gasteiger partial charge in [-0.25, -0.2) is 9.78 Å². The highest BCUT2D eigenvalue weighted by molar-refractivity contribution is 7.14. The smallest absolute Gasteiger partial charge is 0.408 e. The fraction of sp³-hybridized carbons (Fsp3) is 0.387. The van der Waals surface area contributed by atoms with Crippen LogP contribution in [0.4, 0.5) is 9.93 Å². The molecule has 1 saturated heterocycles. The molecule has 3 N–H and O–H groups in total. The number of nitrogens with one attached hydrogen (secondary N) is 3. The molecule has 226 valence electrons. The van der Waals surface area contributed by atoms with Crippen LogP contribution in [0, 0.1) is 0 Å². The van der Waals surface area contributed by atoms with Crippen molar-refractivity contribution >= 4 is 40.3 Å². The minimum Gasteiger partial charge on any atom is -0.444 e. The number of hydrogen-bond donors (Lipinski definition) is 3. The van der Waals surface area contributed by atoms with Crippen molar-refractivity contribution in [3.8, 4) is 11.3 Å². The number of anilines is 1. The zero-order valence-corrected chi connectivity index (χ0v) is 25.1. The van der Waals surface area contributed by atoms with Crippen molar-refractivity contribution in [3.05, 3.63) is 71.1 Å². The second-order valence-electron chi connectivity index (χ2n) is 11.5. The number of aromatic nitrogens is 1. The van der Waals surface area contributed by atoms with E-state index in [1.807, 2.05) is 23.6 Å². The van der Waals surface area contributed by atoms with Crippen LogP contribution in [-0.4, -0.2) is 71.1 Å². The second kappa shape index (κ2) is 12.9. The number of amides is 4. The van der Waals surface area contributed by atoms with E-state index in [-0.39, 0.29) is 31.7 Å². The number of thiazole rings is 1. The first-order valence-electron chi connectivity index (χ1n) is 14.2. The van der Waals surface area contributed by atoms with Gasteiger partial charge in [0.05, 0.1) is 18.9 Å². The maximum absolute atomic E-state index is 13.9. The number of morpholine rings is 1. The Bertz CT molecular complexity index is 1470. The number of alkyl carbamates (subject to hydrolysis) is 1. The number of ether oxygens (including phenoxy) is 2. The van der Waals surface area contributed by atoms with Crippen molar-refractivity contribution in [2.75, 3.05) is 25.1 Å². The second-order valence-corrected chi connectivity index (χ2v) is 12.3. The Morgan fingerprint density at radius 2 is 1.77 bits per heavy atom. The highest BCUT2D eigenvalue weighted by atomic mass is 32.1. The third-order valence-corrected chi connectivity index (χ3v) is 7.60. The van der Waals surface area contributed by atoms with Gasteiger partial charge in [0.1, 0.15) is 17.7 Å². The Balaban J connectivity index is 1.27. The topological polar surface area (TPSA) is 139 Å². The molecule has 4 amide bonds. The molecule has 1 aromatic heterocycles. The van der Waals surface area contributed by atoms with E-state index in [2.05, 4.69) is 20.9 Å². The molecule has 11 nitrogen and oxygen atoms in total. The van der Waals surface area contributed by atoms with Crippen LogP contribution in [0.1, 0.15) is 55.6 Å². The van der Waals surface area contributed by atoms with Crippen LogP contribution in [0.15, 0.2) is 60.0 Å². The normalized spacial score (nSPS) is 17.5. The first kappa shape index (κ1) is 30.2. The molecule has 0 bridgehead atoms. The van der Waals surface area contributed by atoms with E-state index in [0.717, 1.165) is 18.4 Å². The molecule has 12 heteroatoms. The largest absolute Gasteiger partial charge is 0.444 e. The van der Waals surface area contributed by atoms with Crippen LogP contribution in [0.25, 0.3) is 11.3 Å². The number of carbonyl (C=O) groups excluding carboxylic acids is 4. The summed E-state index contributed by atoms with van der Waals surface area (Å²) in [6.45, 7) is 5.62. The van der Waals surface area contributed by atoms with Gasteiger partial charge in [-0.3, -0.25) is 14.4 Å². The molecule has 1 saturated carbocycles. The van der Waals surface area contributed by atoms with Gasteiger partial charge in [0, 0.05) is 29.1 Å². The third kappa shape index (κ3) is 7.96. The average molecular weight is 606 g/mol. The third-order valence-electron chi connectivity index (χ3n) is 6.84. The molecule has 5 rings (SSSR count). The van der Waals surface area contributed by atoms with Crippen molar-refractivity contribution in [3.63, 3.8) is 0 Å². The molecular weight excluding hydrogens is 570 g/mol. The number of nitrogens with zero attached hydrogens (tertiary/aromatic N) is 2. The van der Waals surface area contributed by atoms with Crippen LogP contribution < -0.4 is 16.0 Å². The molecule has 2 heterocycles. The lowest BCUT2D eigenvalue weighted by molar-refractivity contribution is -0.148. The molecule has 1 aliphatic heterocycles. The number of carbonyl (C=O) groups is 4. The van der Waals surface area contributed by atoms with Crippen molar-refractivity contribution in [2.24, 2.45) is 0 Å². The summed E-state index contributed by atoms with van der Waals surface area (Å²) in [6, 6.07) is 14.2. The summed E-state index contributed by atoms with van der Waals surface area (Å²) in [6.07, 6.45) is 1.30. The Hall–Kier alpha value is -4.29. The SMILES string of the molecule is CC(C)(C)OC(=O)N[C@@H](C(=O)N1CCOC[C@H]1C(=O)Nc1nc(-c2ccc(C(=O)NC3CC3)cc2)cs1)c1ccccc1. The van der Waals surface area contributed by atoms with Gasteiger partial charge in [0.15, 0.2) is 5.13 Å². The van der Waals surface area contributed by atoms with Gasteiger partial charge in [0.2, 0.25) is 0 Å². The average Bonchev–Trinajstić information content (AvgIpc) is 3.69. The molecular formula is C31H35N5O6S. The highest BCUT2D eigenvalue weighted by Gasteiger charge is 2.38. The van der Waals surface area contributed by atoms with Gasteiger partial charge in [-0.15, -0.1) is 11.3 Å². The Kier molecular flexibility index (Phi) is 9.07. The maximum atomic E-state index is 13.9. The lowest BCUT2D eigenvalue weighted by Crippen LogP contribution is -2.57.